The van der Waals surface area contributed by atoms with E-state index in [-0.39, 0.29) is 0 Å². The van der Waals surface area contributed by atoms with Gasteiger partial charge in [-0.2, -0.15) is 0 Å². The van der Waals surface area contributed by atoms with Crippen LogP contribution in [0.4, 0.5) is 0 Å². The quantitative estimate of drug-likeness (QED) is 0.462. The van der Waals surface area contributed by atoms with Crippen molar-refractivity contribution in [3.63, 3.8) is 0 Å². The Morgan fingerprint density at radius 3 is 1.00 bits per heavy atom. The zero-order valence-electron chi connectivity index (χ0n) is 16.6. The van der Waals surface area contributed by atoms with E-state index in [0.717, 1.165) is 23.7 Å². The molecule has 0 saturated heterocycles. The first kappa shape index (κ1) is 20.3. The second-order valence-corrected chi connectivity index (χ2v) is 8.54. The molecule has 2 fully saturated rings. The highest BCUT2D eigenvalue weighted by Crippen LogP contribution is 2.29. The highest BCUT2D eigenvalue weighted by molar-refractivity contribution is 5.19. The third-order valence-corrected chi connectivity index (χ3v) is 5.48. The van der Waals surface area contributed by atoms with Crippen LogP contribution >= 0.6 is 0 Å². The minimum atomic E-state index is 1.02. The lowest BCUT2D eigenvalue weighted by atomic mass is 9.84. The van der Waals surface area contributed by atoms with Gasteiger partial charge in [0.1, 0.15) is 0 Å². The molecular formula is C23H40. The summed E-state index contributed by atoms with van der Waals surface area (Å²) in [5.41, 5.74) is 2.66. The van der Waals surface area contributed by atoms with Crippen LogP contribution in [0.5, 0.6) is 0 Å². The van der Waals surface area contributed by atoms with Gasteiger partial charge in [-0.15, -0.1) is 0 Å². The van der Waals surface area contributed by atoms with Gasteiger partial charge in [-0.25, -0.2) is 0 Å². The molecule has 2 unspecified atom stereocenters. The molecule has 2 atom stereocenters. The Kier molecular flexibility index (Phi) is 9.60. The van der Waals surface area contributed by atoms with E-state index in [4.69, 9.17) is 0 Å². The molecule has 0 heterocycles. The molecule has 0 aromatic heterocycles. The molecule has 0 spiro atoms. The standard InChI is InChI=1S/C8H16.C8H10.C7H14/c2*1-7-3-5-8(2)6-4-7;1-6-3-4-7(2)5-6/h7-8H,3-6H2,1-2H3;3-6H,1-2H3;6-7H,3-5H2,1-2H3. The number of benzene rings is 1. The highest BCUT2D eigenvalue weighted by Gasteiger charge is 2.16. The van der Waals surface area contributed by atoms with E-state index in [1.807, 2.05) is 0 Å². The molecule has 2 saturated carbocycles. The van der Waals surface area contributed by atoms with Crippen molar-refractivity contribution in [2.24, 2.45) is 23.7 Å². The second-order valence-electron chi connectivity index (χ2n) is 8.54. The highest BCUT2D eigenvalue weighted by atomic mass is 14.2. The fourth-order valence-corrected chi connectivity index (χ4v) is 3.56. The largest absolute Gasteiger partial charge is 0.0625 e. The van der Waals surface area contributed by atoms with Gasteiger partial charge < -0.3 is 0 Å². The van der Waals surface area contributed by atoms with E-state index in [1.54, 1.807) is 0 Å². The van der Waals surface area contributed by atoms with Crippen molar-refractivity contribution in [3.8, 4) is 0 Å². The van der Waals surface area contributed by atoms with Crippen molar-refractivity contribution < 1.29 is 0 Å². The molecule has 2 aliphatic carbocycles. The molecule has 0 nitrogen and oxygen atoms in total. The summed E-state index contributed by atoms with van der Waals surface area (Å²) in [6.07, 6.45) is 10.3. The van der Waals surface area contributed by atoms with Crippen LogP contribution in [0.25, 0.3) is 0 Å². The Hall–Kier alpha value is -0.780. The molecule has 0 aliphatic heterocycles. The fourth-order valence-electron chi connectivity index (χ4n) is 3.56. The average molecular weight is 317 g/mol. The molecule has 132 valence electrons. The molecule has 1 aromatic rings. The van der Waals surface area contributed by atoms with Crippen LogP contribution in [0.1, 0.15) is 83.8 Å². The molecule has 0 amide bonds. The fraction of sp³-hybridized carbons (Fsp3) is 0.739. The Morgan fingerprint density at radius 2 is 0.783 bits per heavy atom. The van der Waals surface area contributed by atoms with E-state index in [9.17, 15) is 0 Å². The van der Waals surface area contributed by atoms with Gasteiger partial charge in [-0.1, -0.05) is 102 Å². The molecule has 3 rings (SSSR count). The molecular weight excluding hydrogens is 276 g/mol. The lowest BCUT2D eigenvalue weighted by Crippen LogP contribution is -2.08. The summed E-state index contributed by atoms with van der Waals surface area (Å²) >= 11 is 0. The predicted octanol–water partition coefficient (Wildman–Crippen LogP) is 7.58. The van der Waals surface area contributed by atoms with Crippen molar-refractivity contribution in [2.75, 3.05) is 0 Å². The number of hydrogen-bond acceptors (Lipinski definition) is 0. The van der Waals surface area contributed by atoms with E-state index < -0.39 is 0 Å². The van der Waals surface area contributed by atoms with E-state index in [2.05, 4.69) is 65.8 Å². The van der Waals surface area contributed by atoms with Crippen LogP contribution in [0, 0.1) is 37.5 Å². The number of rotatable bonds is 0. The van der Waals surface area contributed by atoms with Crippen LogP contribution in [0.2, 0.25) is 0 Å². The van der Waals surface area contributed by atoms with Gasteiger partial charge in [0.15, 0.2) is 0 Å². The third kappa shape index (κ3) is 9.84. The molecule has 0 heteroatoms. The molecule has 23 heavy (non-hydrogen) atoms. The number of hydrogen-bond donors (Lipinski definition) is 0. The average Bonchev–Trinajstić information content (AvgIpc) is 2.90. The van der Waals surface area contributed by atoms with Crippen LogP contribution in [0.3, 0.4) is 0 Å². The monoisotopic (exact) mass is 316 g/mol. The normalized spacial score (nSPS) is 29.8. The maximum Gasteiger partial charge on any atom is -0.0398 e. The first-order valence-electron chi connectivity index (χ1n) is 9.90. The first-order chi connectivity index (χ1) is 10.9. The minimum Gasteiger partial charge on any atom is -0.0625 e. The van der Waals surface area contributed by atoms with Gasteiger partial charge in [-0.3, -0.25) is 0 Å². The summed E-state index contributed by atoms with van der Waals surface area (Å²) in [7, 11) is 0. The zero-order chi connectivity index (χ0) is 17.2. The Bertz CT molecular complexity index is 356. The van der Waals surface area contributed by atoms with Crippen LogP contribution in [-0.2, 0) is 0 Å². The van der Waals surface area contributed by atoms with Crippen LogP contribution in [0.15, 0.2) is 24.3 Å². The Balaban J connectivity index is 0.000000173. The predicted molar refractivity (Wildman–Crippen MR) is 105 cm³/mol. The van der Waals surface area contributed by atoms with E-state index >= 15 is 0 Å². The minimum absolute atomic E-state index is 1.02. The molecule has 0 radical (unpaired) electrons. The molecule has 1 aromatic carbocycles. The molecule has 2 aliphatic rings. The van der Waals surface area contributed by atoms with Crippen molar-refractivity contribution >= 4 is 0 Å². The summed E-state index contributed by atoms with van der Waals surface area (Å²) in [5.74, 6) is 4.09. The van der Waals surface area contributed by atoms with Crippen LogP contribution < -0.4 is 0 Å². The van der Waals surface area contributed by atoms with Crippen molar-refractivity contribution in [2.45, 2.75) is 86.5 Å². The summed E-state index contributed by atoms with van der Waals surface area (Å²) < 4.78 is 0. The van der Waals surface area contributed by atoms with Gasteiger partial charge in [-0.05, 0) is 43.9 Å². The topological polar surface area (TPSA) is 0 Å². The van der Waals surface area contributed by atoms with Gasteiger partial charge in [0, 0.05) is 0 Å². The summed E-state index contributed by atoms with van der Waals surface area (Å²) in [4.78, 5) is 0. The maximum atomic E-state index is 2.37. The summed E-state index contributed by atoms with van der Waals surface area (Å²) in [6, 6.07) is 8.48. The van der Waals surface area contributed by atoms with Gasteiger partial charge in [0.25, 0.3) is 0 Å². The molecule has 0 N–H and O–H groups in total. The Labute approximate surface area is 146 Å². The number of aryl methyl sites for hydroxylation is 2. The van der Waals surface area contributed by atoms with Crippen molar-refractivity contribution in [1.82, 2.24) is 0 Å². The summed E-state index contributed by atoms with van der Waals surface area (Å²) in [6.45, 7) is 13.6. The smallest absolute Gasteiger partial charge is 0.0398 e. The zero-order valence-corrected chi connectivity index (χ0v) is 16.6. The van der Waals surface area contributed by atoms with Gasteiger partial charge in [0.2, 0.25) is 0 Å². The lowest BCUT2D eigenvalue weighted by molar-refractivity contribution is 0.308. The van der Waals surface area contributed by atoms with E-state index in [1.165, 1.54) is 56.1 Å². The summed E-state index contributed by atoms with van der Waals surface area (Å²) in [5, 5.41) is 0. The SMILES string of the molecule is CC1CCC(C)C1.CC1CCC(C)CC1.Cc1ccc(C)cc1. The maximum absolute atomic E-state index is 2.37. The van der Waals surface area contributed by atoms with Crippen LogP contribution in [-0.4, -0.2) is 0 Å². The van der Waals surface area contributed by atoms with Crippen molar-refractivity contribution in [3.05, 3.63) is 35.4 Å². The molecule has 0 bridgehead atoms. The first-order valence-corrected chi connectivity index (χ1v) is 9.90. The van der Waals surface area contributed by atoms with Gasteiger partial charge in [0.05, 0.1) is 0 Å². The third-order valence-electron chi connectivity index (χ3n) is 5.48. The van der Waals surface area contributed by atoms with Gasteiger partial charge >= 0.3 is 0 Å². The van der Waals surface area contributed by atoms with E-state index in [0.29, 0.717) is 0 Å². The van der Waals surface area contributed by atoms with Crippen molar-refractivity contribution in [1.29, 1.82) is 0 Å². The second kappa shape index (κ2) is 10.9. The lowest BCUT2D eigenvalue weighted by Gasteiger charge is -2.22. The Morgan fingerprint density at radius 1 is 0.522 bits per heavy atom.